The molecule has 66 valence electrons. The van der Waals surface area contributed by atoms with Crippen molar-refractivity contribution in [3.05, 3.63) is 0 Å². The number of hydrogen-bond donors (Lipinski definition) is 0. The molecule has 1 rings (SSSR count). The average molecular weight is 158 g/mol. The zero-order valence-electron chi connectivity index (χ0n) is 7.72. The normalized spacial score (nSPS) is 22.9. The molecule has 0 aromatic carbocycles. The van der Waals surface area contributed by atoms with Crippen LogP contribution in [-0.2, 0) is 9.47 Å². The van der Waals surface area contributed by atoms with Crippen molar-refractivity contribution in [2.24, 2.45) is 5.92 Å². The fourth-order valence-electron chi connectivity index (χ4n) is 1.59. The summed E-state index contributed by atoms with van der Waals surface area (Å²) in [5.41, 5.74) is 0. The van der Waals surface area contributed by atoms with Gasteiger partial charge in [-0.25, -0.2) is 0 Å². The Labute approximate surface area is 68.9 Å². The van der Waals surface area contributed by atoms with Crippen LogP contribution in [0.1, 0.15) is 33.6 Å². The van der Waals surface area contributed by atoms with E-state index in [-0.39, 0.29) is 5.79 Å². The highest BCUT2D eigenvalue weighted by Crippen LogP contribution is 2.29. The summed E-state index contributed by atoms with van der Waals surface area (Å²) in [6.45, 7) is 8.04. The molecule has 0 spiro atoms. The molecule has 1 aliphatic rings. The van der Waals surface area contributed by atoms with E-state index in [1.54, 1.807) is 0 Å². The van der Waals surface area contributed by atoms with Gasteiger partial charge in [-0.15, -0.1) is 0 Å². The molecule has 0 N–H and O–H groups in total. The molecule has 1 aliphatic heterocycles. The maximum absolute atomic E-state index is 5.58. The van der Waals surface area contributed by atoms with Crippen LogP contribution < -0.4 is 0 Å². The van der Waals surface area contributed by atoms with E-state index < -0.39 is 0 Å². The Morgan fingerprint density at radius 1 is 1.27 bits per heavy atom. The zero-order valence-corrected chi connectivity index (χ0v) is 7.72. The lowest BCUT2D eigenvalue weighted by molar-refractivity contribution is -0.169. The van der Waals surface area contributed by atoms with Gasteiger partial charge >= 0.3 is 0 Å². The molecule has 1 fully saturated rings. The highest BCUT2D eigenvalue weighted by molar-refractivity contribution is 4.73. The van der Waals surface area contributed by atoms with Crippen LogP contribution in [0.25, 0.3) is 0 Å². The molecule has 0 saturated carbocycles. The molecular weight excluding hydrogens is 140 g/mol. The van der Waals surface area contributed by atoms with Crippen LogP contribution in [0.3, 0.4) is 0 Å². The maximum Gasteiger partial charge on any atom is 0.168 e. The van der Waals surface area contributed by atoms with E-state index in [1.165, 1.54) is 0 Å². The Hall–Kier alpha value is -0.0800. The Kier molecular flexibility index (Phi) is 2.90. The summed E-state index contributed by atoms with van der Waals surface area (Å²) in [6.07, 6.45) is 1.98. The topological polar surface area (TPSA) is 18.5 Å². The van der Waals surface area contributed by atoms with Crippen molar-refractivity contribution in [3.8, 4) is 0 Å². The molecule has 0 unspecified atom stereocenters. The lowest BCUT2D eigenvalue weighted by atomic mass is 10.0. The first-order valence-corrected chi connectivity index (χ1v) is 4.46. The van der Waals surface area contributed by atoms with Gasteiger partial charge < -0.3 is 9.47 Å². The van der Waals surface area contributed by atoms with Gasteiger partial charge in [-0.1, -0.05) is 20.8 Å². The molecule has 0 bridgehead atoms. The standard InChI is InChI=1S/C9H18O2/c1-4-9(7-8(2)3)10-5-6-11-9/h8H,4-7H2,1-3H3. The number of hydrogen-bond acceptors (Lipinski definition) is 2. The summed E-state index contributed by atoms with van der Waals surface area (Å²) in [5.74, 6) is 0.404. The second kappa shape index (κ2) is 3.55. The van der Waals surface area contributed by atoms with Crippen molar-refractivity contribution >= 4 is 0 Å². The van der Waals surface area contributed by atoms with Crippen LogP contribution in [0.4, 0.5) is 0 Å². The molecule has 0 aromatic heterocycles. The van der Waals surface area contributed by atoms with Gasteiger partial charge in [-0.2, -0.15) is 0 Å². The van der Waals surface area contributed by atoms with E-state index in [2.05, 4.69) is 20.8 Å². The van der Waals surface area contributed by atoms with Crippen LogP contribution in [0, 0.1) is 5.92 Å². The van der Waals surface area contributed by atoms with Crippen molar-refractivity contribution in [1.29, 1.82) is 0 Å². The lowest BCUT2D eigenvalue weighted by Gasteiger charge is -2.27. The summed E-state index contributed by atoms with van der Waals surface area (Å²) >= 11 is 0. The lowest BCUT2D eigenvalue weighted by Crippen LogP contribution is -2.30. The predicted octanol–water partition coefficient (Wildman–Crippen LogP) is 2.19. The van der Waals surface area contributed by atoms with Gasteiger partial charge in [-0.05, 0) is 12.3 Å². The minimum atomic E-state index is -0.242. The van der Waals surface area contributed by atoms with Crippen molar-refractivity contribution in [2.75, 3.05) is 13.2 Å². The maximum atomic E-state index is 5.58. The van der Waals surface area contributed by atoms with Gasteiger partial charge in [0, 0.05) is 6.42 Å². The molecule has 0 radical (unpaired) electrons. The molecule has 11 heavy (non-hydrogen) atoms. The molecule has 0 amide bonds. The summed E-state index contributed by atoms with van der Waals surface area (Å²) in [7, 11) is 0. The first kappa shape index (κ1) is 9.01. The quantitative estimate of drug-likeness (QED) is 0.626. The van der Waals surface area contributed by atoms with E-state index in [0.29, 0.717) is 5.92 Å². The molecule has 1 heterocycles. The number of rotatable bonds is 3. The zero-order chi connectivity index (χ0) is 8.32. The molecule has 0 atom stereocenters. The summed E-state index contributed by atoms with van der Waals surface area (Å²) < 4.78 is 11.2. The average Bonchev–Trinajstić information content (AvgIpc) is 2.36. The Morgan fingerprint density at radius 2 is 1.82 bits per heavy atom. The van der Waals surface area contributed by atoms with Crippen molar-refractivity contribution < 1.29 is 9.47 Å². The van der Waals surface area contributed by atoms with Crippen LogP contribution in [-0.4, -0.2) is 19.0 Å². The monoisotopic (exact) mass is 158 g/mol. The first-order chi connectivity index (χ1) is 5.18. The third-order valence-corrected chi connectivity index (χ3v) is 2.07. The predicted molar refractivity (Wildman–Crippen MR) is 44.4 cm³/mol. The third kappa shape index (κ3) is 2.17. The first-order valence-electron chi connectivity index (χ1n) is 4.46. The van der Waals surface area contributed by atoms with Gasteiger partial charge in [0.1, 0.15) is 0 Å². The van der Waals surface area contributed by atoms with Crippen molar-refractivity contribution in [1.82, 2.24) is 0 Å². The van der Waals surface area contributed by atoms with E-state index in [9.17, 15) is 0 Å². The van der Waals surface area contributed by atoms with E-state index >= 15 is 0 Å². The van der Waals surface area contributed by atoms with Gasteiger partial charge in [0.25, 0.3) is 0 Å². The van der Waals surface area contributed by atoms with E-state index in [0.717, 1.165) is 26.1 Å². The minimum absolute atomic E-state index is 0.242. The molecule has 2 heteroatoms. The van der Waals surface area contributed by atoms with E-state index in [4.69, 9.17) is 9.47 Å². The molecule has 1 saturated heterocycles. The smallest absolute Gasteiger partial charge is 0.168 e. The highest BCUT2D eigenvalue weighted by Gasteiger charge is 2.34. The van der Waals surface area contributed by atoms with Crippen LogP contribution in [0.5, 0.6) is 0 Å². The van der Waals surface area contributed by atoms with Gasteiger partial charge in [0.15, 0.2) is 5.79 Å². The van der Waals surface area contributed by atoms with Gasteiger partial charge in [0.05, 0.1) is 13.2 Å². The van der Waals surface area contributed by atoms with E-state index in [1.807, 2.05) is 0 Å². The summed E-state index contributed by atoms with van der Waals surface area (Å²) in [4.78, 5) is 0. The fourth-order valence-corrected chi connectivity index (χ4v) is 1.59. The van der Waals surface area contributed by atoms with Crippen LogP contribution in [0.2, 0.25) is 0 Å². The number of ether oxygens (including phenoxy) is 2. The Morgan fingerprint density at radius 3 is 2.18 bits per heavy atom. The largest absolute Gasteiger partial charge is 0.348 e. The second-order valence-electron chi connectivity index (χ2n) is 3.56. The fraction of sp³-hybridized carbons (Fsp3) is 1.00. The summed E-state index contributed by atoms with van der Waals surface area (Å²) in [5, 5.41) is 0. The minimum Gasteiger partial charge on any atom is -0.348 e. The highest BCUT2D eigenvalue weighted by atomic mass is 16.7. The second-order valence-corrected chi connectivity index (χ2v) is 3.56. The molecule has 0 aliphatic carbocycles. The van der Waals surface area contributed by atoms with Crippen molar-refractivity contribution in [3.63, 3.8) is 0 Å². The van der Waals surface area contributed by atoms with Crippen molar-refractivity contribution in [2.45, 2.75) is 39.4 Å². The van der Waals surface area contributed by atoms with Crippen LogP contribution in [0.15, 0.2) is 0 Å². The Bertz CT molecular complexity index is 115. The molecule has 0 aromatic rings. The SMILES string of the molecule is CCC1(CC(C)C)OCCO1. The van der Waals surface area contributed by atoms with Gasteiger partial charge in [0.2, 0.25) is 0 Å². The van der Waals surface area contributed by atoms with Crippen LogP contribution >= 0.6 is 0 Å². The third-order valence-electron chi connectivity index (χ3n) is 2.07. The Balaban J connectivity index is 2.45. The molecular formula is C9H18O2. The summed E-state index contributed by atoms with van der Waals surface area (Å²) in [6, 6.07) is 0. The van der Waals surface area contributed by atoms with Gasteiger partial charge in [-0.3, -0.25) is 0 Å². The molecule has 2 nitrogen and oxygen atoms in total.